The molecule has 1 aliphatic heterocycles. The van der Waals surface area contributed by atoms with Crippen LogP contribution >= 0.6 is 0 Å². The van der Waals surface area contributed by atoms with E-state index >= 15 is 0 Å². The summed E-state index contributed by atoms with van der Waals surface area (Å²) in [6, 6.07) is 5.59. The molecule has 0 aliphatic carbocycles. The number of rotatable bonds is 6. The van der Waals surface area contributed by atoms with Crippen LogP contribution in [0.3, 0.4) is 0 Å². The first-order valence-corrected chi connectivity index (χ1v) is 12.4. The van der Waals surface area contributed by atoms with Crippen molar-refractivity contribution in [3.05, 3.63) is 52.6 Å². The minimum absolute atomic E-state index is 0.0205. The van der Waals surface area contributed by atoms with Crippen molar-refractivity contribution in [3.8, 4) is 0 Å². The Morgan fingerprint density at radius 1 is 1.20 bits per heavy atom. The van der Waals surface area contributed by atoms with E-state index in [9.17, 15) is 22.2 Å². The summed E-state index contributed by atoms with van der Waals surface area (Å²) in [7, 11) is 0.770. The van der Waals surface area contributed by atoms with Crippen LogP contribution in [0.2, 0.25) is 0 Å². The number of carbonyl (C=O) groups is 1. The average Bonchev–Trinajstić information content (AvgIpc) is 2.83. The number of alkyl halides is 2. The van der Waals surface area contributed by atoms with E-state index in [0.717, 1.165) is 6.07 Å². The number of nitrogens with two attached hydrogens (primary N) is 1. The first kappa shape index (κ1) is 24.7. The number of hydrogen-bond donors (Lipinski definition) is 3. The van der Waals surface area contributed by atoms with Crippen molar-refractivity contribution in [2.75, 3.05) is 48.0 Å². The lowest BCUT2D eigenvalue weighted by atomic mass is 10.1. The van der Waals surface area contributed by atoms with Gasteiger partial charge in [-0.15, -0.1) is 0 Å². The molecule has 0 radical (unpaired) electrons. The van der Waals surface area contributed by atoms with Crippen molar-refractivity contribution in [2.24, 2.45) is 0 Å². The maximum absolute atomic E-state index is 14.6. The summed E-state index contributed by atoms with van der Waals surface area (Å²) in [6.45, 7) is 2.36. The Kier molecular flexibility index (Phi) is 7.10. The van der Waals surface area contributed by atoms with Gasteiger partial charge in [0, 0.05) is 71.3 Å². The van der Waals surface area contributed by atoms with Crippen molar-refractivity contribution in [2.45, 2.75) is 19.9 Å². The Morgan fingerprint density at radius 2 is 1.91 bits per heavy atom. The molecule has 35 heavy (non-hydrogen) atoms. The van der Waals surface area contributed by atoms with Crippen LogP contribution in [0.4, 0.5) is 30.4 Å². The number of carbonyl (C=O) groups excluding carboxylic acids is 1. The number of fused-ring (bicyclic) bond motifs is 1. The lowest BCUT2D eigenvalue weighted by Crippen LogP contribution is -2.42. The Balaban J connectivity index is 1.69. The molecule has 186 valence electrons. The molecule has 3 aromatic rings. The highest BCUT2D eigenvalue weighted by atomic mass is 32.2. The van der Waals surface area contributed by atoms with Gasteiger partial charge in [-0.1, -0.05) is 0 Å². The number of anilines is 3. The van der Waals surface area contributed by atoms with Crippen LogP contribution in [0.5, 0.6) is 0 Å². The lowest BCUT2D eigenvalue weighted by Gasteiger charge is -2.27. The lowest BCUT2D eigenvalue weighted by molar-refractivity contribution is 0.0772. The van der Waals surface area contributed by atoms with E-state index in [-0.39, 0.29) is 23.7 Å². The maximum Gasteiger partial charge on any atom is 0.266 e. The van der Waals surface area contributed by atoms with Crippen molar-refractivity contribution < 1.29 is 22.2 Å². The van der Waals surface area contributed by atoms with E-state index < -0.39 is 28.6 Å². The smallest absolute Gasteiger partial charge is 0.266 e. The number of hydrogen-bond acceptors (Lipinski definition) is 7. The number of nitrogen functional groups attached to an aromatic ring is 1. The summed E-state index contributed by atoms with van der Waals surface area (Å²) in [5.74, 6) is 0.430. The Bertz CT molecular complexity index is 1310. The Hall–Kier alpha value is -3.41. The van der Waals surface area contributed by atoms with Crippen LogP contribution in [0, 0.1) is 12.7 Å². The van der Waals surface area contributed by atoms with Crippen LogP contribution in [-0.4, -0.2) is 56.6 Å². The standard InChI is InChI=1S/C23H25F3N6O2S/c1-12-30-19-10-16(23(33)32-3-5-35(34)6-4-32)18(28-2)9-15(19)22(31-12)29-11-13-7-14(27)8-17(20(13)24)21(25)26/h7-10,21,28H,3-6,11,27H2,1-2H3,(H,29,30,31). The molecule has 4 rings (SSSR count). The summed E-state index contributed by atoms with van der Waals surface area (Å²) < 4.78 is 52.6. The summed E-state index contributed by atoms with van der Waals surface area (Å²) in [5.41, 5.74) is 6.39. The first-order chi connectivity index (χ1) is 16.7. The van der Waals surface area contributed by atoms with Crippen molar-refractivity contribution >= 4 is 44.8 Å². The normalized spacial score (nSPS) is 14.5. The predicted molar refractivity (Wildman–Crippen MR) is 131 cm³/mol. The Morgan fingerprint density at radius 3 is 2.57 bits per heavy atom. The van der Waals surface area contributed by atoms with Crippen LogP contribution in [0.25, 0.3) is 10.9 Å². The molecule has 1 saturated heterocycles. The SMILES string of the molecule is CNc1cc2c(NCc3cc(N)cc(C(F)F)c3F)nc(C)nc2cc1C(=O)N1CCS(=O)CC1. The van der Waals surface area contributed by atoms with Gasteiger partial charge < -0.3 is 21.3 Å². The van der Waals surface area contributed by atoms with E-state index in [1.807, 2.05) is 0 Å². The van der Waals surface area contributed by atoms with Gasteiger partial charge in [-0.05, 0) is 31.2 Å². The molecule has 0 bridgehead atoms. The molecule has 1 fully saturated rings. The third-order valence-corrected chi connectivity index (χ3v) is 7.07. The van der Waals surface area contributed by atoms with E-state index in [2.05, 4.69) is 20.6 Å². The fourth-order valence-electron chi connectivity index (χ4n) is 4.02. The number of aromatic nitrogens is 2. The number of nitrogens with zero attached hydrogens (tertiary/aromatic N) is 3. The zero-order valence-electron chi connectivity index (χ0n) is 19.2. The predicted octanol–water partition coefficient (Wildman–Crippen LogP) is 3.46. The van der Waals surface area contributed by atoms with Crippen molar-refractivity contribution in [1.29, 1.82) is 0 Å². The second-order valence-corrected chi connectivity index (χ2v) is 9.86. The maximum atomic E-state index is 14.6. The van der Waals surface area contributed by atoms with Gasteiger partial charge in [0.05, 0.1) is 16.6 Å². The Labute approximate surface area is 202 Å². The number of halogens is 3. The molecule has 1 aromatic heterocycles. The van der Waals surface area contributed by atoms with Crippen LogP contribution in [-0.2, 0) is 17.3 Å². The van der Waals surface area contributed by atoms with Crippen LogP contribution in [0.15, 0.2) is 24.3 Å². The molecule has 0 unspecified atom stereocenters. The van der Waals surface area contributed by atoms with Gasteiger partial charge in [-0.25, -0.2) is 23.1 Å². The van der Waals surface area contributed by atoms with Gasteiger partial charge in [0.2, 0.25) is 0 Å². The van der Waals surface area contributed by atoms with E-state index in [1.54, 1.807) is 31.0 Å². The molecular formula is C23H25F3N6O2S. The molecule has 8 nitrogen and oxygen atoms in total. The molecule has 12 heteroatoms. The largest absolute Gasteiger partial charge is 0.399 e. The molecule has 0 spiro atoms. The second-order valence-electron chi connectivity index (χ2n) is 8.16. The van der Waals surface area contributed by atoms with E-state index in [4.69, 9.17) is 5.73 Å². The van der Waals surface area contributed by atoms with Gasteiger partial charge in [0.15, 0.2) is 0 Å². The zero-order chi connectivity index (χ0) is 25.3. The monoisotopic (exact) mass is 506 g/mol. The molecule has 1 amide bonds. The van der Waals surface area contributed by atoms with Crippen LogP contribution in [0.1, 0.15) is 33.7 Å². The fourth-order valence-corrected chi connectivity index (χ4v) is 5.07. The molecule has 1 aliphatic rings. The number of nitrogens with one attached hydrogen (secondary N) is 2. The fraction of sp³-hybridized carbons (Fsp3) is 0.348. The third kappa shape index (κ3) is 5.16. The summed E-state index contributed by atoms with van der Waals surface area (Å²) in [4.78, 5) is 23.7. The third-order valence-electron chi connectivity index (χ3n) is 5.79. The molecular weight excluding hydrogens is 481 g/mol. The summed E-state index contributed by atoms with van der Waals surface area (Å²) >= 11 is 0. The van der Waals surface area contributed by atoms with E-state index in [0.29, 0.717) is 58.4 Å². The van der Waals surface area contributed by atoms with Gasteiger partial charge in [0.1, 0.15) is 17.5 Å². The first-order valence-electron chi connectivity index (χ1n) is 10.9. The highest BCUT2D eigenvalue weighted by Gasteiger charge is 2.24. The topological polar surface area (TPSA) is 113 Å². The molecule has 2 aromatic carbocycles. The highest BCUT2D eigenvalue weighted by Crippen LogP contribution is 2.31. The van der Waals surface area contributed by atoms with Crippen LogP contribution < -0.4 is 16.4 Å². The quantitative estimate of drug-likeness (QED) is 0.439. The summed E-state index contributed by atoms with van der Waals surface area (Å²) in [6.07, 6.45) is -2.99. The number of aryl methyl sites for hydroxylation is 1. The minimum Gasteiger partial charge on any atom is -0.399 e. The number of amides is 1. The van der Waals surface area contributed by atoms with Crippen molar-refractivity contribution in [3.63, 3.8) is 0 Å². The molecule has 2 heterocycles. The average molecular weight is 507 g/mol. The zero-order valence-corrected chi connectivity index (χ0v) is 20.0. The van der Waals surface area contributed by atoms with Crippen molar-refractivity contribution in [1.82, 2.24) is 14.9 Å². The van der Waals surface area contributed by atoms with Gasteiger partial charge in [0.25, 0.3) is 12.3 Å². The number of benzene rings is 2. The summed E-state index contributed by atoms with van der Waals surface area (Å²) in [5, 5.41) is 6.58. The van der Waals surface area contributed by atoms with Gasteiger partial charge in [-0.2, -0.15) is 0 Å². The minimum atomic E-state index is -2.99. The van der Waals surface area contributed by atoms with Gasteiger partial charge in [-0.3, -0.25) is 9.00 Å². The molecule has 0 saturated carbocycles. The molecule has 0 atom stereocenters. The second kappa shape index (κ2) is 10.1. The molecule has 4 N–H and O–H groups in total. The van der Waals surface area contributed by atoms with Gasteiger partial charge >= 0.3 is 0 Å². The van der Waals surface area contributed by atoms with E-state index in [1.165, 1.54) is 6.07 Å². The highest BCUT2D eigenvalue weighted by molar-refractivity contribution is 7.85.